The Balaban J connectivity index is 1.72. The molecule has 24 heavy (non-hydrogen) atoms. The summed E-state index contributed by atoms with van der Waals surface area (Å²) in [6.45, 7) is 3.68. The summed E-state index contributed by atoms with van der Waals surface area (Å²) in [4.78, 5) is 12.8. The molecule has 0 radical (unpaired) electrons. The van der Waals surface area contributed by atoms with Crippen LogP contribution in [-0.2, 0) is 22.3 Å². The van der Waals surface area contributed by atoms with Gasteiger partial charge in [-0.25, -0.2) is 19.3 Å². The van der Waals surface area contributed by atoms with E-state index in [2.05, 4.69) is 15.0 Å². The third-order valence-corrected chi connectivity index (χ3v) is 4.67. The molecule has 0 amide bonds. The van der Waals surface area contributed by atoms with Crippen molar-refractivity contribution in [3.63, 3.8) is 0 Å². The molecular weight excluding hydrogens is 329 g/mol. The van der Waals surface area contributed by atoms with Crippen LogP contribution < -0.4 is 0 Å². The SMILES string of the molecule is Cc1nc(C[S@@](=O)Cc2ccnc(-c3ccc(F)cc3)n2)oc1C. The lowest BCUT2D eigenvalue weighted by Crippen LogP contribution is -2.03. The first-order valence-corrected chi connectivity index (χ1v) is 8.86. The number of aryl methyl sites for hydroxylation is 2. The molecule has 7 heteroatoms. The molecule has 2 heterocycles. The van der Waals surface area contributed by atoms with E-state index in [1.165, 1.54) is 12.1 Å². The molecule has 0 aliphatic heterocycles. The summed E-state index contributed by atoms with van der Waals surface area (Å²) >= 11 is 0. The number of halogens is 1. The lowest BCUT2D eigenvalue weighted by molar-refractivity contribution is 0.487. The molecule has 3 aromatic rings. The minimum atomic E-state index is -1.19. The first-order valence-electron chi connectivity index (χ1n) is 7.37. The van der Waals surface area contributed by atoms with Crippen LogP contribution in [0.3, 0.4) is 0 Å². The van der Waals surface area contributed by atoms with Gasteiger partial charge in [0.1, 0.15) is 17.3 Å². The van der Waals surface area contributed by atoms with Crippen molar-refractivity contribution in [3.05, 3.63) is 65.4 Å². The van der Waals surface area contributed by atoms with E-state index in [9.17, 15) is 8.60 Å². The Kier molecular flexibility index (Phi) is 4.80. The van der Waals surface area contributed by atoms with Crippen LogP contribution in [0.15, 0.2) is 40.9 Å². The molecule has 124 valence electrons. The standard InChI is InChI=1S/C17H16FN3O2S/c1-11-12(2)23-16(20-11)10-24(22)9-15-7-8-19-17(21-15)13-3-5-14(18)6-4-13/h3-8H,9-10H2,1-2H3/t24-/m0/s1. The number of benzene rings is 1. The molecule has 0 fully saturated rings. The zero-order chi connectivity index (χ0) is 17.1. The quantitative estimate of drug-likeness (QED) is 0.709. The van der Waals surface area contributed by atoms with Crippen molar-refractivity contribution in [1.29, 1.82) is 0 Å². The highest BCUT2D eigenvalue weighted by Crippen LogP contribution is 2.16. The zero-order valence-corrected chi connectivity index (χ0v) is 14.1. The molecule has 0 bridgehead atoms. The number of hydrogen-bond acceptors (Lipinski definition) is 5. The van der Waals surface area contributed by atoms with Gasteiger partial charge in [0.2, 0.25) is 5.89 Å². The largest absolute Gasteiger partial charge is 0.445 e. The van der Waals surface area contributed by atoms with E-state index in [-0.39, 0.29) is 17.3 Å². The topological polar surface area (TPSA) is 68.9 Å². The molecule has 0 N–H and O–H groups in total. The molecule has 0 aliphatic rings. The Bertz CT molecular complexity index is 858. The molecule has 5 nitrogen and oxygen atoms in total. The summed E-state index contributed by atoms with van der Waals surface area (Å²) in [5.74, 6) is 1.89. The predicted octanol–water partition coefficient (Wildman–Crippen LogP) is 3.34. The molecule has 0 saturated heterocycles. The summed E-state index contributed by atoms with van der Waals surface area (Å²) in [5, 5.41) is 0. The number of oxazole rings is 1. The Labute approximate surface area is 141 Å². The van der Waals surface area contributed by atoms with E-state index in [4.69, 9.17) is 4.42 Å². The van der Waals surface area contributed by atoms with Crippen molar-refractivity contribution in [3.8, 4) is 11.4 Å². The highest BCUT2D eigenvalue weighted by Gasteiger charge is 2.12. The minimum absolute atomic E-state index is 0.241. The Morgan fingerprint density at radius 1 is 1.08 bits per heavy atom. The third-order valence-electron chi connectivity index (χ3n) is 3.48. The third kappa shape index (κ3) is 3.91. The van der Waals surface area contributed by atoms with E-state index >= 15 is 0 Å². The van der Waals surface area contributed by atoms with Crippen LogP contribution in [-0.4, -0.2) is 19.2 Å². The normalized spacial score (nSPS) is 12.3. The van der Waals surface area contributed by atoms with Gasteiger partial charge in [0, 0.05) is 22.6 Å². The van der Waals surface area contributed by atoms with Gasteiger partial charge in [-0.2, -0.15) is 0 Å². The molecule has 0 unspecified atom stereocenters. The van der Waals surface area contributed by atoms with Crippen molar-refractivity contribution in [2.75, 3.05) is 0 Å². The van der Waals surface area contributed by atoms with Crippen LogP contribution in [0.1, 0.15) is 23.0 Å². The van der Waals surface area contributed by atoms with Gasteiger partial charge in [-0.3, -0.25) is 4.21 Å². The summed E-state index contributed by atoms with van der Waals surface area (Å²) in [7, 11) is -1.19. The number of nitrogens with zero attached hydrogens (tertiary/aromatic N) is 3. The molecule has 0 saturated carbocycles. The van der Waals surface area contributed by atoms with E-state index in [0.717, 1.165) is 11.5 Å². The molecule has 0 spiro atoms. The molecule has 2 aromatic heterocycles. The number of aromatic nitrogens is 3. The second kappa shape index (κ2) is 7.00. The zero-order valence-electron chi connectivity index (χ0n) is 13.3. The molecular formula is C17H16FN3O2S. The first kappa shape index (κ1) is 16.4. The number of hydrogen-bond donors (Lipinski definition) is 0. The summed E-state index contributed by atoms with van der Waals surface area (Å²) in [6, 6.07) is 7.66. The van der Waals surface area contributed by atoms with Crippen molar-refractivity contribution in [1.82, 2.24) is 15.0 Å². The summed E-state index contributed by atoms with van der Waals surface area (Å²) < 4.78 is 30.7. The average molecular weight is 345 g/mol. The van der Waals surface area contributed by atoms with Crippen LogP contribution >= 0.6 is 0 Å². The van der Waals surface area contributed by atoms with E-state index < -0.39 is 10.8 Å². The van der Waals surface area contributed by atoms with Crippen molar-refractivity contribution < 1.29 is 13.0 Å². The summed E-state index contributed by atoms with van der Waals surface area (Å²) in [5.41, 5.74) is 2.17. The predicted molar refractivity (Wildman–Crippen MR) is 89.0 cm³/mol. The van der Waals surface area contributed by atoms with Gasteiger partial charge < -0.3 is 4.42 Å². The average Bonchev–Trinajstić information content (AvgIpc) is 2.86. The highest BCUT2D eigenvalue weighted by molar-refractivity contribution is 7.83. The van der Waals surface area contributed by atoms with Crippen molar-refractivity contribution >= 4 is 10.8 Å². The maximum absolute atomic E-state index is 13.0. The smallest absolute Gasteiger partial charge is 0.207 e. The van der Waals surface area contributed by atoms with Gasteiger partial charge in [-0.1, -0.05) is 0 Å². The Hall–Kier alpha value is -2.41. The highest BCUT2D eigenvalue weighted by atomic mass is 32.2. The lowest BCUT2D eigenvalue weighted by Gasteiger charge is -2.04. The maximum atomic E-state index is 13.0. The Morgan fingerprint density at radius 2 is 1.83 bits per heavy atom. The van der Waals surface area contributed by atoms with E-state index in [1.54, 1.807) is 24.4 Å². The molecule has 1 atom stereocenters. The molecule has 1 aromatic carbocycles. The van der Waals surface area contributed by atoms with Gasteiger partial charge >= 0.3 is 0 Å². The Morgan fingerprint density at radius 3 is 2.50 bits per heavy atom. The fraction of sp³-hybridized carbons (Fsp3) is 0.235. The molecule has 3 rings (SSSR count). The van der Waals surface area contributed by atoms with Crippen LogP contribution in [0.25, 0.3) is 11.4 Å². The van der Waals surface area contributed by atoms with E-state index in [1.807, 2.05) is 13.8 Å². The van der Waals surface area contributed by atoms with Crippen molar-refractivity contribution in [2.45, 2.75) is 25.4 Å². The monoisotopic (exact) mass is 345 g/mol. The maximum Gasteiger partial charge on any atom is 0.207 e. The van der Waals surface area contributed by atoms with Crippen LogP contribution in [0.2, 0.25) is 0 Å². The number of rotatable bonds is 5. The van der Waals surface area contributed by atoms with Gasteiger partial charge in [-0.05, 0) is 44.2 Å². The second-order valence-corrected chi connectivity index (χ2v) is 6.81. The fourth-order valence-corrected chi connectivity index (χ4v) is 3.16. The van der Waals surface area contributed by atoms with Gasteiger partial charge in [0.05, 0.1) is 17.1 Å². The van der Waals surface area contributed by atoms with Gasteiger partial charge in [0.15, 0.2) is 5.82 Å². The van der Waals surface area contributed by atoms with Gasteiger partial charge in [-0.15, -0.1) is 0 Å². The first-order chi connectivity index (χ1) is 11.5. The van der Waals surface area contributed by atoms with Crippen molar-refractivity contribution in [2.24, 2.45) is 0 Å². The fourth-order valence-electron chi connectivity index (χ4n) is 2.17. The minimum Gasteiger partial charge on any atom is -0.445 e. The van der Waals surface area contributed by atoms with Crippen LogP contribution in [0.5, 0.6) is 0 Å². The summed E-state index contributed by atoms with van der Waals surface area (Å²) in [6.07, 6.45) is 1.61. The van der Waals surface area contributed by atoms with Crippen LogP contribution in [0.4, 0.5) is 4.39 Å². The lowest BCUT2D eigenvalue weighted by atomic mass is 10.2. The van der Waals surface area contributed by atoms with Crippen LogP contribution in [0, 0.1) is 19.7 Å². The second-order valence-electron chi connectivity index (χ2n) is 5.36. The van der Waals surface area contributed by atoms with Gasteiger partial charge in [0.25, 0.3) is 0 Å². The molecule has 0 aliphatic carbocycles. The van der Waals surface area contributed by atoms with E-state index in [0.29, 0.717) is 23.0 Å².